The Labute approximate surface area is 112 Å². The molecule has 1 rings (SSSR count). The molecule has 0 bridgehead atoms. The molecule has 1 aliphatic carbocycles. The van der Waals surface area contributed by atoms with Gasteiger partial charge in [0, 0.05) is 26.1 Å². The molecule has 0 heterocycles. The van der Waals surface area contributed by atoms with E-state index in [9.17, 15) is 14.4 Å². The molecule has 3 amide bonds. The van der Waals surface area contributed by atoms with Gasteiger partial charge in [-0.25, -0.2) is 4.79 Å². The highest BCUT2D eigenvalue weighted by atomic mass is 16.4. The minimum absolute atomic E-state index is 0.152. The van der Waals surface area contributed by atoms with Gasteiger partial charge in [0.1, 0.15) is 0 Å². The number of carbonyl (C=O) groups excluding carboxylic acids is 2. The van der Waals surface area contributed by atoms with E-state index in [1.807, 2.05) is 0 Å². The third kappa shape index (κ3) is 5.58. The van der Waals surface area contributed by atoms with E-state index in [0.717, 1.165) is 12.8 Å². The van der Waals surface area contributed by atoms with Crippen LogP contribution in [-0.2, 0) is 9.59 Å². The molecule has 19 heavy (non-hydrogen) atoms. The lowest BCUT2D eigenvalue weighted by Crippen LogP contribution is -2.49. The Morgan fingerprint density at radius 2 is 1.74 bits per heavy atom. The number of urea groups is 1. The summed E-state index contributed by atoms with van der Waals surface area (Å²) < 4.78 is 0. The van der Waals surface area contributed by atoms with Crippen molar-refractivity contribution in [1.82, 2.24) is 16.0 Å². The Kier molecular flexibility index (Phi) is 6.11. The molecule has 0 spiro atoms. The lowest BCUT2D eigenvalue weighted by Gasteiger charge is -2.29. The molecule has 0 aliphatic heterocycles. The minimum atomic E-state index is -0.858. The van der Waals surface area contributed by atoms with Crippen LogP contribution in [0.25, 0.3) is 0 Å². The van der Waals surface area contributed by atoms with Gasteiger partial charge < -0.3 is 21.1 Å². The monoisotopic (exact) mass is 271 g/mol. The van der Waals surface area contributed by atoms with Crippen LogP contribution in [0.4, 0.5) is 4.79 Å². The smallest absolute Gasteiger partial charge is 0.315 e. The van der Waals surface area contributed by atoms with Crippen LogP contribution in [0.15, 0.2) is 0 Å². The number of nitrogens with one attached hydrogen (secondary N) is 3. The van der Waals surface area contributed by atoms with Crippen LogP contribution in [0.3, 0.4) is 0 Å². The van der Waals surface area contributed by atoms with Crippen LogP contribution in [-0.4, -0.2) is 42.1 Å². The zero-order valence-electron chi connectivity index (χ0n) is 11.1. The highest BCUT2D eigenvalue weighted by Crippen LogP contribution is 2.24. The van der Waals surface area contributed by atoms with Crippen molar-refractivity contribution in [1.29, 1.82) is 0 Å². The van der Waals surface area contributed by atoms with Crippen molar-refractivity contribution < 1.29 is 19.5 Å². The molecule has 4 N–H and O–H groups in total. The second-order valence-corrected chi connectivity index (χ2v) is 4.72. The maximum atomic E-state index is 11.6. The van der Waals surface area contributed by atoms with Crippen molar-refractivity contribution in [3.8, 4) is 0 Å². The first-order valence-electron chi connectivity index (χ1n) is 6.52. The molecule has 2 unspecified atom stereocenters. The van der Waals surface area contributed by atoms with Crippen LogP contribution >= 0.6 is 0 Å². The first-order valence-corrected chi connectivity index (χ1v) is 6.52. The summed E-state index contributed by atoms with van der Waals surface area (Å²) >= 11 is 0. The van der Waals surface area contributed by atoms with Gasteiger partial charge in [-0.3, -0.25) is 9.59 Å². The fourth-order valence-electron chi connectivity index (χ4n) is 2.23. The van der Waals surface area contributed by atoms with Crippen LogP contribution in [0.1, 0.15) is 32.6 Å². The summed E-state index contributed by atoms with van der Waals surface area (Å²) in [6.45, 7) is 2.07. The lowest BCUT2D eigenvalue weighted by atomic mass is 9.84. The Morgan fingerprint density at radius 1 is 1.11 bits per heavy atom. The van der Waals surface area contributed by atoms with Gasteiger partial charge in [-0.1, -0.05) is 12.8 Å². The first-order chi connectivity index (χ1) is 9.00. The van der Waals surface area contributed by atoms with Crippen molar-refractivity contribution in [2.75, 3.05) is 13.1 Å². The number of carboxylic acids is 1. The number of rotatable bonds is 5. The summed E-state index contributed by atoms with van der Waals surface area (Å²) in [5.41, 5.74) is 0. The standard InChI is InChI=1S/C12H21N3O4/c1-8(16)13-6-7-14-12(19)15-10-5-3-2-4-9(10)11(17)18/h9-10H,2-7H2,1H3,(H,13,16)(H,17,18)(H2,14,15,19). The number of carboxylic acid groups (broad SMARTS) is 1. The molecule has 0 aromatic heterocycles. The lowest BCUT2D eigenvalue weighted by molar-refractivity contribution is -0.143. The quantitative estimate of drug-likeness (QED) is 0.530. The molecule has 108 valence electrons. The average Bonchev–Trinajstić information content (AvgIpc) is 2.35. The van der Waals surface area contributed by atoms with Gasteiger partial charge in [0.2, 0.25) is 5.91 Å². The maximum absolute atomic E-state index is 11.6. The molecule has 0 aromatic rings. The molecule has 0 radical (unpaired) electrons. The molecule has 0 aromatic carbocycles. The van der Waals surface area contributed by atoms with E-state index in [1.54, 1.807) is 0 Å². The van der Waals surface area contributed by atoms with E-state index in [1.165, 1.54) is 6.92 Å². The topological polar surface area (TPSA) is 108 Å². The first kappa shape index (κ1) is 15.3. The minimum Gasteiger partial charge on any atom is -0.481 e. The zero-order valence-corrected chi connectivity index (χ0v) is 11.1. The molecule has 2 atom stereocenters. The van der Waals surface area contributed by atoms with Crippen molar-refractivity contribution in [2.24, 2.45) is 5.92 Å². The summed E-state index contributed by atoms with van der Waals surface area (Å²) in [5.74, 6) is -1.52. The fraction of sp³-hybridized carbons (Fsp3) is 0.750. The zero-order chi connectivity index (χ0) is 14.3. The van der Waals surface area contributed by atoms with Gasteiger partial charge >= 0.3 is 12.0 Å². The Balaban J connectivity index is 2.29. The number of aliphatic carboxylic acids is 1. The third-order valence-corrected chi connectivity index (χ3v) is 3.18. The molecule has 1 saturated carbocycles. The van der Waals surface area contributed by atoms with E-state index in [4.69, 9.17) is 5.11 Å². The van der Waals surface area contributed by atoms with Gasteiger partial charge in [-0.05, 0) is 12.8 Å². The normalized spacial score (nSPS) is 22.4. The second-order valence-electron chi connectivity index (χ2n) is 4.72. The van der Waals surface area contributed by atoms with Crippen LogP contribution in [0.2, 0.25) is 0 Å². The largest absolute Gasteiger partial charge is 0.481 e. The van der Waals surface area contributed by atoms with Crippen molar-refractivity contribution >= 4 is 17.9 Å². The Bertz CT molecular complexity index is 346. The van der Waals surface area contributed by atoms with Crippen molar-refractivity contribution in [3.05, 3.63) is 0 Å². The van der Waals surface area contributed by atoms with Gasteiger partial charge in [0.15, 0.2) is 0 Å². The summed E-state index contributed by atoms with van der Waals surface area (Å²) in [6.07, 6.45) is 3.11. The van der Waals surface area contributed by atoms with E-state index >= 15 is 0 Å². The van der Waals surface area contributed by atoms with Gasteiger partial charge in [0.25, 0.3) is 0 Å². The van der Waals surface area contributed by atoms with Crippen LogP contribution in [0, 0.1) is 5.92 Å². The summed E-state index contributed by atoms with van der Waals surface area (Å²) in [4.78, 5) is 33.3. The van der Waals surface area contributed by atoms with E-state index < -0.39 is 11.9 Å². The molecular formula is C12H21N3O4. The molecular weight excluding hydrogens is 250 g/mol. The SMILES string of the molecule is CC(=O)NCCNC(=O)NC1CCCCC1C(=O)O. The average molecular weight is 271 g/mol. The number of carbonyl (C=O) groups is 3. The van der Waals surface area contributed by atoms with Crippen LogP contribution < -0.4 is 16.0 Å². The molecule has 1 fully saturated rings. The molecule has 7 nitrogen and oxygen atoms in total. The van der Waals surface area contributed by atoms with Gasteiger partial charge in [-0.2, -0.15) is 0 Å². The third-order valence-electron chi connectivity index (χ3n) is 3.18. The number of amides is 3. The van der Waals surface area contributed by atoms with Gasteiger partial charge in [-0.15, -0.1) is 0 Å². The summed E-state index contributed by atoms with van der Waals surface area (Å²) in [7, 11) is 0. The van der Waals surface area contributed by atoms with Crippen LogP contribution in [0.5, 0.6) is 0 Å². The fourth-order valence-corrected chi connectivity index (χ4v) is 2.23. The Morgan fingerprint density at radius 3 is 2.37 bits per heavy atom. The summed E-state index contributed by atoms with van der Waals surface area (Å²) in [6, 6.07) is -0.699. The van der Waals surface area contributed by atoms with E-state index in [0.29, 0.717) is 25.9 Å². The maximum Gasteiger partial charge on any atom is 0.315 e. The highest BCUT2D eigenvalue weighted by Gasteiger charge is 2.31. The summed E-state index contributed by atoms with van der Waals surface area (Å²) in [5, 5.41) is 16.9. The number of hydrogen-bond donors (Lipinski definition) is 4. The predicted molar refractivity (Wildman–Crippen MR) is 68.6 cm³/mol. The molecule has 0 saturated heterocycles. The van der Waals surface area contributed by atoms with Crippen molar-refractivity contribution in [2.45, 2.75) is 38.6 Å². The van der Waals surface area contributed by atoms with E-state index in [-0.39, 0.29) is 18.0 Å². The Hall–Kier alpha value is -1.79. The second kappa shape index (κ2) is 7.60. The predicted octanol–water partition coefficient (Wildman–Crippen LogP) is 0.0651. The van der Waals surface area contributed by atoms with Crippen molar-refractivity contribution in [3.63, 3.8) is 0 Å². The molecule has 7 heteroatoms. The molecule has 1 aliphatic rings. The highest BCUT2D eigenvalue weighted by molar-refractivity contribution is 5.77. The van der Waals surface area contributed by atoms with Gasteiger partial charge in [0.05, 0.1) is 5.92 Å². The van der Waals surface area contributed by atoms with E-state index in [2.05, 4.69) is 16.0 Å². The number of hydrogen-bond acceptors (Lipinski definition) is 3.